The summed E-state index contributed by atoms with van der Waals surface area (Å²) in [5, 5.41) is 0. The number of nitrogen functional groups attached to an aromatic ring is 1. The van der Waals surface area contributed by atoms with Gasteiger partial charge in [0.2, 0.25) is 11.8 Å². The van der Waals surface area contributed by atoms with Gasteiger partial charge < -0.3 is 21.9 Å². The molecule has 0 saturated heterocycles. The van der Waals surface area contributed by atoms with Crippen LogP contribution in [0.2, 0.25) is 0 Å². The lowest BCUT2D eigenvalue weighted by Crippen LogP contribution is -2.12. The van der Waals surface area contributed by atoms with E-state index < -0.39 is 17.8 Å². The van der Waals surface area contributed by atoms with Crippen LogP contribution in [0.1, 0.15) is 21.6 Å². The Labute approximate surface area is 164 Å². The minimum absolute atomic E-state index is 0.0802. The monoisotopic (exact) mass is 402 g/mol. The molecule has 150 valence electrons. The number of ether oxygens (including phenoxy) is 1. The molecule has 0 fully saturated rings. The van der Waals surface area contributed by atoms with Gasteiger partial charge in [0.05, 0.1) is 5.69 Å². The van der Waals surface area contributed by atoms with Gasteiger partial charge in [0.1, 0.15) is 5.69 Å². The average Bonchev–Trinajstić information content (AvgIpc) is 2.68. The van der Waals surface area contributed by atoms with E-state index in [1.165, 1.54) is 12.1 Å². The first-order valence-electron chi connectivity index (χ1n) is 8.44. The van der Waals surface area contributed by atoms with Crippen molar-refractivity contribution < 1.29 is 22.7 Å². The van der Waals surface area contributed by atoms with Crippen molar-refractivity contribution in [2.24, 2.45) is 11.5 Å². The smallest absolute Gasteiger partial charge is 0.433 e. The van der Waals surface area contributed by atoms with Crippen molar-refractivity contribution in [1.82, 2.24) is 4.98 Å². The number of carbonyl (C=O) groups excluding carboxylic acids is 1. The molecule has 9 heteroatoms. The summed E-state index contributed by atoms with van der Waals surface area (Å²) in [6.45, 7) is -0.122. The van der Waals surface area contributed by atoms with Gasteiger partial charge in [-0.2, -0.15) is 13.2 Å². The molecule has 29 heavy (non-hydrogen) atoms. The van der Waals surface area contributed by atoms with Gasteiger partial charge in [-0.1, -0.05) is 30.3 Å². The molecule has 0 aliphatic heterocycles. The minimum Gasteiger partial charge on any atom is -0.437 e. The van der Waals surface area contributed by atoms with Crippen molar-refractivity contribution >= 4 is 11.6 Å². The van der Waals surface area contributed by atoms with Gasteiger partial charge in [0, 0.05) is 23.7 Å². The molecular weight excluding hydrogens is 385 g/mol. The fourth-order valence-corrected chi connectivity index (χ4v) is 2.79. The molecular formula is C20H17F3N4O2. The quantitative estimate of drug-likeness (QED) is 0.563. The second-order valence-electron chi connectivity index (χ2n) is 6.13. The zero-order valence-corrected chi connectivity index (χ0v) is 15.0. The number of pyridine rings is 1. The van der Waals surface area contributed by atoms with Crippen LogP contribution in [0.25, 0.3) is 11.1 Å². The summed E-state index contributed by atoms with van der Waals surface area (Å²) in [5.41, 5.74) is 17.4. The van der Waals surface area contributed by atoms with E-state index in [-0.39, 0.29) is 35.0 Å². The van der Waals surface area contributed by atoms with Crippen molar-refractivity contribution in [1.29, 1.82) is 0 Å². The van der Waals surface area contributed by atoms with E-state index >= 15 is 0 Å². The van der Waals surface area contributed by atoms with E-state index in [0.717, 1.165) is 6.07 Å². The van der Waals surface area contributed by atoms with Crippen LogP contribution in [0.3, 0.4) is 0 Å². The number of hydrogen-bond acceptors (Lipinski definition) is 5. The number of nitrogens with zero attached hydrogens (tertiary/aromatic N) is 1. The third-order valence-electron chi connectivity index (χ3n) is 4.15. The number of rotatable bonds is 5. The SMILES string of the molecule is NCc1cc(Oc2cccc(-c3ccccc3C(N)=O)c2N)nc(C(F)(F)F)c1. The molecule has 3 rings (SSSR count). The summed E-state index contributed by atoms with van der Waals surface area (Å²) < 4.78 is 44.8. The lowest BCUT2D eigenvalue weighted by molar-refractivity contribution is -0.141. The summed E-state index contributed by atoms with van der Waals surface area (Å²) in [5.74, 6) is -0.859. The van der Waals surface area contributed by atoms with Gasteiger partial charge in [-0.25, -0.2) is 4.98 Å². The summed E-state index contributed by atoms with van der Waals surface area (Å²) in [7, 11) is 0. The number of para-hydroxylation sites is 1. The molecule has 1 heterocycles. The Morgan fingerprint density at radius 3 is 2.38 bits per heavy atom. The highest BCUT2D eigenvalue weighted by atomic mass is 19.4. The molecule has 0 saturated carbocycles. The maximum atomic E-state index is 13.1. The first kappa shape index (κ1) is 20.2. The third kappa shape index (κ3) is 4.30. The molecule has 0 aliphatic carbocycles. The average molecular weight is 402 g/mol. The number of anilines is 1. The van der Waals surface area contributed by atoms with Crippen LogP contribution in [0, 0.1) is 0 Å². The number of nitrogens with two attached hydrogens (primary N) is 3. The summed E-state index contributed by atoms with van der Waals surface area (Å²) in [6, 6.07) is 13.4. The first-order valence-corrected chi connectivity index (χ1v) is 8.44. The zero-order chi connectivity index (χ0) is 21.2. The highest BCUT2D eigenvalue weighted by Crippen LogP contribution is 2.38. The number of aromatic nitrogens is 1. The Balaban J connectivity index is 2.05. The van der Waals surface area contributed by atoms with Crippen LogP contribution in [0.15, 0.2) is 54.6 Å². The molecule has 6 nitrogen and oxygen atoms in total. The Hall–Kier alpha value is -3.59. The third-order valence-corrected chi connectivity index (χ3v) is 4.15. The van der Waals surface area contributed by atoms with Crippen LogP contribution in [0.4, 0.5) is 18.9 Å². The predicted molar refractivity (Wildman–Crippen MR) is 102 cm³/mol. The van der Waals surface area contributed by atoms with Gasteiger partial charge in [-0.15, -0.1) is 0 Å². The Kier molecular flexibility index (Phi) is 5.42. The van der Waals surface area contributed by atoms with Crippen LogP contribution in [0.5, 0.6) is 11.6 Å². The van der Waals surface area contributed by atoms with E-state index in [1.54, 1.807) is 36.4 Å². The van der Waals surface area contributed by atoms with Crippen molar-refractivity contribution in [2.45, 2.75) is 12.7 Å². The lowest BCUT2D eigenvalue weighted by atomic mass is 9.97. The molecule has 0 aliphatic rings. The van der Waals surface area contributed by atoms with Crippen LogP contribution < -0.4 is 21.9 Å². The molecule has 2 aromatic carbocycles. The van der Waals surface area contributed by atoms with E-state index in [1.807, 2.05) is 0 Å². The second kappa shape index (κ2) is 7.80. The van der Waals surface area contributed by atoms with E-state index in [4.69, 9.17) is 21.9 Å². The van der Waals surface area contributed by atoms with Crippen molar-refractivity contribution in [2.75, 3.05) is 5.73 Å². The van der Waals surface area contributed by atoms with Crippen molar-refractivity contribution in [3.63, 3.8) is 0 Å². The van der Waals surface area contributed by atoms with Crippen molar-refractivity contribution in [3.8, 4) is 22.8 Å². The minimum atomic E-state index is -4.66. The Morgan fingerprint density at radius 1 is 1.03 bits per heavy atom. The largest absolute Gasteiger partial charge is 0.437 e. The number of halogens is 3. The molecule has 0 atom stereocenters. The highest BCUT2D eigenvalue weighted by Gasteiger charge is 2.33. The number of alkyl halides is 3. The Morgan fingerprint density at radius 2 is 1.72 bits per heavy atom. The fourth-order valence-electron chi connectivity index (χ4n) is 2.79. The molecule has 0 radical (unpaired) electrons. The van der Waals surface area contributed by atoms with Crippen molar-refractivity contribution in [3.05, 3.63) is 71.4 Å². The van der Waals surface area contributed by atoms with E-state index in [2.05, 4.69) is 4.98 Å². The lowest BCUT2D eigenvalue weighted by Gasteiger charge is -2.15. The van der Waals surface area contributed by atoms with Crippen LogP contribution in [-0.2, 0) is 12.7 Å². The first-order chi connectivity index (χ1) is 13.7. The molecule has 0 spiro atoms. The van der Waals surface area contributed by atoms with E-state index in [0.29, 0.717) is 11.1 Å². The number of primary amides is 1. The van der Waals surface area contributed by atoms with Crippen LogP contribution >= 0.6 is 0 Å². The molecule has 0 unspecified atom stereocenters. The molecule has 0 bridgehead atoms. The number of carbonyl (C=O) groups is 1. The number of benzene rings is 2. The van der Waals surface area contributed by atoms with Gasteiger partial charge in [-0.3, -0.25) is 4.79 Å². The maximum Gasteiger partial charge on any atom is 0.433 e. The fraction of sp³-hybridized carbons (Fsp3) is 0.100. The zero-order valence-electron chi connectivity index (χ0n) is 15.0. The molecule has 6 N–H and O–H groups in total. The molecule has 1 amide bonds. The normalized spacial score (nSPS) is 11.3. The number of hydrogen-bond donors (Lipinski definition) is 3. The summed E-state index contributed by atoms with van der Waals surface area (Å²) >= 11 is 0. The maximum absolute atomic E-state index is 13.1. The summed E-state index contributed by atoms with van der Waals surface area (Å²) in [6.07, 6.45) is -4.66. The second-order valence-corrected chi connectivity index (χ2v) is 6.13. The van der Waals surface area contributed by atoms with Crippen LogP contribution in [-0.4, -0.2) is 10.9 Å². The molecule has 1 aromatic heterocycles. The standard InChI is InChI=1S/C20H17F3N4O2/c21-20(22,23)16-8-11(10-24)9-17(27-16)29-15-7-3-6-13(18(15)25)12-4-1-2-5-14(12)19(26)28/h1-9H,10,24-25H2,(H2,26,28). The summed E-state index contributed by atoms with van der Waals surface area (Å²) in [4.78, 5) is 15.2. The topological polar surface area (TPSA) is 117 Å². The predicted octanol–water partition coefficient (Wildman–Crippen LogP) is 3.70. The van der Waals surface area contributed by atoms with Gasteiger partial charge in [0.25, 0.3) is 0 Å². The van der Waals surface area contributed by atoms with Gasteiger partial charge >= 0.3 is 6.18 Å². The van der Waals surface area contributed by atoms with Gasteiger partial charge in [-0.05, 0) is 29.3 Å². The Bertz CT molecular complexity index is 1070. The molecule has 3 aromatic rings. The van der Waals surface area contributed by atoms with E-state index in [9.17, 15) is 18.0 Å². The van der Waals surface area contributed by atoms with Gasteiger partial charge in [0.15, 0.2) is 5.75 Å². The number of amides is 1. The highest BCUT2D eigenvalue weighted by molar-refractivity contribution is 6.01.